The topological polar surface area (TPSA) is 62.7 Å². The number of hydrogen-bond acceptors (Lipinski definition) is 4. The largest absolute Gasteiger partial charge is 0.383 e. The van der Waals surface area contributed by atoms with E-state index in [9.17, 15) is 5.26 Å². The van der Waals surface area contributed by atoms with Gasteiger partial charge in [-0.3, -0.25) is 0 Å². The SMILES string of the molecule is Cc1ccc(C)c(-c2cc(-c3cccs3)c(C#N)c(N)n2)c1. The fourth-order valence-electron chi connectivity index (χ4n) is 2.46. The number of rotatable bonds is 2. The highest BCUT2D eigenvalue weighted by Crippen LogP contribution is 2.34. The summed E-state index contributed by atoms with van der Waals surface area (Å²) in [4.78, 5) is 5.47. The molecule has 0 saturated carbocycles. The number of aryl methyl sites for hydroxylation is 2. The summed E-state index contributed by atoms with van der Waals surface area (Å²) in [5, 5.41) is 11.4. The van der Waals surface area contributed by atoms with Gasteiger partial charge in [-0.15, -0.1) is 11.3 Å². The average molecular weight is 305 g/mol. The molecule has 2 N–H and O–H groups in total. The van der Waals surface area contributed by atoms with Crippen LogP contribution in [0.1, 0.15) is 16.7 Å². The van der Waals surface area contributed by atoms with Gasteiger partial charge in [0.2, 0.25) is 0 Å². The molecule has 0 radical (unpaired) electrons. The summed E-state index contributed by atoms with van der Waals surface area (Å²) in [6.07, 6.45) is 0. The molecule has 0 saturated heterocycles. The minimum atomic E-state index is 0.282. The van der Waals surface area contributed by atoms with Gasteiger partial charge in [0.15, 0.2) is 0 Å². The number of aromatic nitrogens is 1. The highest BCUT2D eigenvalue weighted by atomic mass is 32.1. The van der Waals surface area contributed by atoms with Gasteiger partial charge < -0.3 is 5.73 Å². The van der Waals surface area contributed by atoms with Gasteiger partial charge in [-0.05, 0) is 43.0 Å². The molecular formula is C18H15N3S. The molecule has 0 aliphatic rings. The first-order valence-corrected chi connectivity index (χ1v) is 7.80. The molecule has 3 nitrogen and oxygen atoms in total. The molecule has 0 spiro atoms. The van der Waals surface area contributed by atoms with E-state index in [1.54, 1.807) is 11.3 Å². The van der Waals surface area contributed by atoms with Crippen LogP contribution in [0.4, 0.5) is 5.82 Å². The number of nitrogens with zero attached hydrogens (tertiary/aromatic N) is 2. The van der Waals surface area contributed by atoms with Crippen molar-refractivity contribution in [2.75, 3.05) is 5.73 Å². The normalized spacial score (nSPS) is 10.4. The molecule has 108 valence electrons. The Balaban J connectivity index is 2.27. The van der Waals surface area contributed by atoms with E-state index < -0.39 is 0 Å². The Kier molecular flexibility index (Phi) is 3.66. The Morgan fingerprint density at radius 1 is 1.14 bits per heavy atom. The lowest BCUT2D eigenvalue weighted by atomic mass is 9.99. The van der Waals surface area contributed by atoms with E-state index in [0.717, 1.165) is 27.3 Å². The van der Waals surface area contributed by atoms with Gasteiger partial charge >= 0.3 is 0 Å². The number of nitrogen functional groups attached to an aromatic ring is 1. The van der Waals surface area contributed by atoms with E-state index in [1.807, 2.05) is 23.6 Å². The van der Waals surface area contributed by atoms with Crippen LogP contribution in [-0.2, 0) is 0 Å². The summed E-state index contributed by atoms with van der Waals surface area (Å²) in [6.45, 7) is 4.10. The molecule has 2 heterocycles. The molecule has 0 bridgehead atoms. The van der Waals surface area contributed by atoms with E-state index in [4.69, 9.17) is 5.73 Å². The van der Waals surface area contributed by atoms with Crippen molar-refractivity contribution in [1.29, 1.82) is 5.26 Å². The number of anilines is 1. The summed E-state index contributed by atoms with van der Waals surface area (Å²) in [5.41, 5.74) is 11.5. The number of hydrogen-bond donors (Lipinski definition) is 1. The number of nitrogens with two attached hydrogens (primary N) is 1. The second kappa shape index (κ2) is 5.63. The maximum atomic E-state index is 9.39. The third kappa shape index (κ3) is 2.47. The Bertz CT molecular complexity index is 874. The summed E-state index contributed by atoms with van der Waals surface area (Å²) >= 11 is 1.59. The molecular weight excluding hydrogens is 290 g/mol. The maximum Gasteiger partial charge on any atom is 0.142 e. The van der Waals surface area contributed by atoms with Crippen LogP contribution in [0, 0.1) is 25.2 Å². The average Bonchev–Trinajstić information content (AvgIpc) is 3.03. The predicted molar refractivity (Wildman–Crippen MR) is 91.6 cm³/mol. The molecule has 0 aliphatic carbocycles. The number of pyridine rings is 1. The van der Waals surface area contributed by atoms with Gasteiger partial charge in [0.1, 0.15) is 17.5 Å². The summed E-state index contributed by atoms with van der Waals surface area (Å²) in [7, 11) is 0. The first-order chi connectivity index (χ1) is 10.6. The lowest BCUT2D eigenvalue weighted by Gasteiger charge is -2.11. The smallest absolute Gasteiger partial charge is 0.142 e. The van der Waals surface area contributed by atoms with Crippen molar-refractivity contribution in [2.24, 2.45) is 0 Å². The van der Waals surface area contributed by atoms with Crippen molar-refractivity contribution < 1.29 is 0 Å². The zero-order chi connectivity index (χ0) is 15.7. The number of benzene rings is 1. The van der Waals surface area contributed by atoms with Gasteiger partial charge in [0.25, 0.3) is 0 Å². The van der Waals surface area contributed by atoms with E-state index >= 15 is 0 Å². The van der Waals surface area contributed by atoms with Gasteiger partial charge in [-0.1, -0.05) is 23.8 Å². The van der Waals surface area contributed by atoms with Gasteiger partial charge in [-0.25, -0.2) is 4.98 Å². The third-order valence-corrected chi connectivity index (χ3v) is 4.52. The van der Waals surface area contributed by atoms with Gasteiger partial charge in [0.05, 0.1) is 5.69 Å². The third-order valence-electron chi connectivity index (χ3n) is 3.61. The van der Waals surface area contributed by atoms with E-state index in [1.165, 1.54) is 5.56 Å². The Morgan fingerprint density at radius 2 is 1.95 bits per heavy atom. The lowest BCUT2D eigenvalue weighted by Crippen LogP contribution is -2.00. The maximum absolute atomic E-state index is 9.39. The lowest BCUT2D eigenvalue weighted by molar-refractivity contribution is 1.29. The standard InChI is InChI=1S/C18H15N3S/c1-11-5-6-12(2)13(8-11)16-9-14(17-4-3-7-22-17)15(10-19)18(20)21-16/h3-9H,1-2H3,(H2,20,21). The molecule has 0 atom stereocenters. The molecule has 0 fully saturated rings. The van der Waals surface area contributed by atoms with Crippen LogP contribution in [-0.4, -0.2) is 4.98 Å². The van der Waals surface area contributed by atoms with Crippen molar-refractivity contribution in [3.63, 3.8) is 0 Å². The fraction of sp³-hybridized carbons (Fsp3) is 0.111. The second-order valence-corrected chi connectivity index (χ2v) is 6.17. The molecule has 0 aliphatic heterocycles. The van der Waals surface area contributed by atoms with Crippen molar-refractivity contribution >= 4 is 17.2 Å². The van der Waals surface area contributed by atoms with Crippen molar-refractivity contribution in [3.05, 3.63) is 58.5 Å². The minimum Gasteiger partial charge on any atom is -0.383 e. The van der Waals surface area contributed by atoms with Crippen LogP contribution in [0.3, 0.4) is 0 Å². The van der Waals surface area contributed by atoms with Crippen LogP contribution in [0.5, 0.6) is 0 Å². The molecule has 0 amide bonds. The summed E-state index contributed by atoms with van der Waals surface area (Å²) in [6, 6.07) is 14.3. The molecule has 3 aromatic rings. The highest BCUT2D eigenvalue weighted by Gasteiger charge is 2.15. The highest BCUT2D eigenvalue weighted by molar-refractivity contribution is 7.13. The molecule has 3 rings (SSSR count). The first kappa shape index (κ1) is 14.3. The molecule has 2 aromatic heterocycles. The van der Waals surface area contributed by atoms with E-state index in [0.29, 0.717) is 5.56 Å². The predicted octanol–water partition coefficient (Wildman–Crippen LogP) is 4.55. The second-order valence-electron chi connectivity index (χ2n) is 5.22. The molecule has 1 aromatic carbocycles. The van der Waals surface area contributed by atoms with Gasteiger partial charge in [0, 0.05) is 16.0 Å². The fourth-order valence-corrected chi connectivity index (χ4v) is 3.21. The monoisotopic (exact) mass is 305 g/mol. The van der Waals surface area contributed by atoms with E-state index in [-0.39, 0.29) is 5.82 Å². The first-order valence-electron chi connectivity index (χ1n) is 6.92. The van der Waals surface area contributed by atoms with Crippen LogP contribution in [0.15, 0.2) is 41.8 Å². The van der Waals surface area contributed by atoms with Crippen molar-refractivity contribution in [3.8, 4) is 27.8 Å². The van der Waals surface area contributed by atoms with Crippen molar-refractivity contribution in [2.45, 2.75) is 13.8 Å². The van der Waals surface area contributed by atoms with E-state index in [2.05, 4.69) is 43.1 Å². The Morgan fingerprint density at radius 3 is 2.64 bits per heavy atom. The minimum absolute atomic E-state index is 0.282. The number of nitriles is 1. The van der Waals surface area contributed by atoms with Gasteiger partial charge in [-0.2, -0.15) is 5.26 Å². The van der Waals surface area contributed by atoms with Crippen LogP contribution >= 0.6 is 11.3 Å². The Hall–Kier alpha value is -2.64. The quantitative estimate of drug-likeness (QED) is 0.755. The molecule has 22 heavy (non-hydrogen) atoms. The van der Waals surface area contributed by atoms with Crippen LogP contribution in [0.25, 0.3) is 21.7 Å². The zero-order valence-corrected chi connectivity index (χ0v) is 13.2. The summed E-state index contributed by atoms with van der Waals surface area (Å²) in [5.74, 6) is 0.282. The zero-order valence-electron chi connectivity index (χ0n) is 12.4. The summed E-state index contributed by atoms with van der Waals surface area (Å²) < 4.78 is 0. The van der Waals surface area contributed by atoms with Crippen molar-refractivity contribution in [1.82, 2.24) is 4.98 Å². The Labute approximate surface area is 133 Å². The molecule has 0 unspecified atom stereocenters. The number of thiophene rings is 1. The van der Waals surface area contributed by atoms with Crippen LogP contribution < -0.4 is 5.73 Å². The van der Waals surface area contributed by atoms with Crippen LogP contribution in [0.2, 0.25) is 0 Å². The molecule has 4 heteroatoms.